The molecule has 1 unspecified atom stereocenters. The average molecular weight is 342 g/mol. The van der Waals surface area contributed by atoms with E-state index in [2.05, 4.69) is 10.2 Å². The third-order valence-corrected chi connectivity index (χ3v) is 5.13. The molecule has 2 amide bonds. The number of hydrogen-bond donors (Lipinski definition) is 1. The molecule has 1 aromatic rings. The fourth-order valence-corrected chi connectivity index (χ4v) is 3.77. The number of rotatable bonds is 5. The lowest BCUT2D eigenvalue weighted by Crippen LogP contribution is -2.47. The number of urea groups is 1. The van der Waals surface area contributed by atoms with Crippen molar-refractivity contribution >= 4 is 29.4 Å². The largest absolute Gasteiger partial charge is 0.337 e. The van der Waals surface area contributed by atoms with Gasteiger partial charge in [-0.3, -0.25) is 0 Å². The molecule has 22 heavy (non-hydrogen) atoms. The number of halogens is 1. The lowest BCUT2D eigenvalue weighted by atomic mass is 10.1. The van der Waals surface area contributed by atoms with Crippen LogP contribution in [0.2, 0.25) is 5.02 Å². The first-order valence-electron chi connectivity index (χ1n) is 7.64. The summed E-state index contributed by atoms with van der Waals surface area (Å²) in [5.41, 5.74) is 0. The second-order valence-corrected chi connectivity index (χ2v) is 7.63. The van der Waals surface area contributed by atoms with Crippen LogP contribution in [0.1, 0.15) is 12.8 Å². The quantitative estimate of drug-likeness (QED) is 0.893. The molecule has 1 N–H and O–H groups in total. The standard InChI is InChI=1S/C16H24ClN3OS/c1-19(2)11-9-18-16(21)20-10-3-4-15(12-20)22-14-7-5-13(17)6-8-14/h5-8,15H,3-4,9-12H2,1-2H3,(H,18,21). The summed E-state index contributed by atoms with van der Waals surface area (Å²) in [6, 6.07) is 7.98. The number of thioether (sulfide) groups is 1. The van der Waals surface area contributed by atoms with Crippen LogP contribution in [0.25, 0.3) is 0 Å². The molecule has 1 atom stereocenters. The zero-order valence-electron chi connectivity index (χ0n) is 13.2. The number of nitrogens with zero attached hydrogens (tertiary/aromatic N) is 2. The summed E-state index contributed by atoms with van der Waals surface area (Å²) < 4.78 is 0. The van der Waals surface area contributed by atoms with Crippen molar-refractivity contribution in [1.29, 1.82) is 0 Å². The summed E-state index contributed by atoms with van der Waals surface area (Å²) in [5, 5.41) is 4.21. The van der Waals surface area contributed by atoms with Crippen molar-refractivity contribution < 1.29 is 4.79 Å². The summed E-state index contributed by atoms with van der Waals surface area (Å²) in [6.45, 7) is 3.21. The van der Waals surface area contributed by atoms with E-state index in [0.717, 1.165) is 37.5 Å². The van der Waals surface area contributed by atoms with Gasteiger partial charge in [0.05, 0.1) is 0 Å². The van der Waals surface area contributed by atoms with E-state index in [4.69, 9.17) is 11.6 Å². The van der Waals surface area contributed by atoms with Crippen molar-refractivity contribution in [2.45, 2.75) is 23.0 Å². The predicted molar refractivity (Wildman–Crippen MR) is 93.9 cm³/mol. The zero-order chi connectivity index (χ0) is 15.9. The fraction of sp³-hybridized carbons (Fsp3) is 0.562. The molecule has 0 bridgehead atoms. The highest BCUT2D eigenvalue weighted by atomic mass is 35.5. The maximum atomic E-state index is 12.2. The monoisotopic (exact) mass is 341 g/mol. The van der Waals surface area contributed by atoms with Crippen molar-refractivity contribution in [3.05, 3.63) is 29.3 Å². The van der Waals surface area contributed by atoms with E-state index < -0.39 is 0 Å². The molecule has 1 aliphatic heterocycles. The Kier molecular flexibility index (Phi) is 6.86. The second-order valence-electron chi connectivity index (χ2n) is 5.82. The highest BCUT2D eigenvalue weighted by Gasteiger charge is 2.24. The van der Waals surface area contributed by atoms with Gasteiger partial charge in [-0.2, -0.15) is 0 Å². The number of carbonyl (C=O) groups is 1. The first kappa shape index (κ1) is 17.4. The smallest absolute Gasteiger partial charge is 0.317 e. The highest BCUT2D eigenvalue weighted by molar-refractivity contribution is 8.00. The van der Waals surface area contributed by atoms with Crippen LogP contribution in [-0.4, -0.2) is 61.4 Å². The van der Waals surface area contributed by atoms with Gasteiger partial charge < -0.3 is 15.1 Å². The Labute approximate surface area is 142 Å². The van der Waals surface area contributed by atoms with E-state index in [1.807, 2.05) is 55.0 Å². The van der Waals surface area contributed by atoms with Crippen molar-refractivity contribution in [3.63, 3.8) is 0 Å². The third-order valence-electron chi connectivity index (χ3n) is 3.62. The summed E-state index contributed by atoms with van der Waals surface area (Å²) in [4.78, 5) is 17.4. The number of piperidine rings is 1. The van der Waals surface area contributed by atoms with Crippen LogP contribution in [0.3, 0.4) is 0 Å². The normalized spacial score (nSPS) is 18.5. The Morgan fingerprint density at radius 3 is 2.82 bits per heavy atom. The first-order chi connectivity index (χ1) is 10.5. The van der Waals surface area contributed by atoms with Gasteiger partial charge in [-0.1, -0.05) is 11.6 Å². The van der Waals surface area contributed by atoms with Gasteiger partial charge in [0.1, 0.15) is 0 Å². The molecule has 1 aromatic carbocycles. The van der Waals surface area contributed by atoms with Crippen LogP contribution >= 0.6 is 23.4 Å². The molecule has 0 spiro atoms. The third kappa shape index (κ3) is 5.71. The summed E-state index contributed by atoms with van der Waals surface area (Å²) in [6.07, 6.45) is 2.21. The number of nitrogens with one attached hydrogen (secondary N) is 1. The minimum absolute atomic E-state index is 0.0586. The molecule has 2 rings (SSSR count). The minimum atomic E-state index is 0.0586. The molecular formula is C16H24ClN3OS. The van der Waals surface area contributed by atoms with Crippen LogP contribution in [0, 0.1) is 0 Å². The Morgan fingerprint density at radius 2 is 2.14 bits per heavy atom. The Morgan fingerprint density at radius 1 is 1.41 bits per heavy atom. The first-order valence-corrected chi connectivity index (χ1v) is 8.90. The lowest BCUT2D eigenvalue weighted by Gasteiger charge is -2.32. The van der Waals surface area contributed by atoms with E-state index in [9.17, 15) is 4.79 Å². The van der Waals surface area contributed by atoms with E-state index in [-0.39, 0.29) is 6.03 Å². The van der Waals surface area contributed by atoms with Gasteiger partial charge in [0.2, 0.25) is 0 Å². The molecular weight excluding hydrogens is 318 g/mol. The zero-order valence-corrected chi connectivity index (χ0v) is 14.8. The van der Waals surface area contributed by atoms with Gasteiger partial charge in [-0.05, 0) is 51.2 Å². The number of amides is 2. The van der Waals surface area contributed by atoms with Gasteiger partial charge in [-0.25, -0.2) is 4.79 Å². The Hall–Kier alpha value is -0.910. The van der Waals surface area contributed by atoms with Crippen molar-refractivity contribution in [3.8, 4) is 0 Å². The molecule has 122 valence electrons. The van der Waals surface area contributed by atoms with Gasteiger partial charge in [0, 0.05) is 41.3 Å². The van der Waals surface area contributed by atoms with Crippen molar-refractivity contribution in [2.75, 3.05) is 40.3 Å². The molecule has 0 radical (unpaired) electrons. The molecule has 6 heteroatoms. The van der Waals surface area contributed by atoms with Crippen molar-refractivity contribution in [2.24, 2.45) is 0 Å². The van der Waals surface area contributed by atoms with E-state index >= 15 is 0 Å². The molecule has 1 fully saturated rings. The average Bonchev–Trinajstić information content (AvgIpc) is 2.49. The van der Waals surface area contributed by atoms with E-state index in [1.165, 1.54) is 4.90 Å². The van der Waals surface area contributed by atoms with Crippen LogP contribution in [-0.2, 0) is 0 Å². The van der Waals surface area contributed by atoms with Crippen LogP contribution in [0.15, 0.2) is 29.2 Å². The Balaban J connectivity index is 1.80. The molecule has 1 aliphatic rings. The van der Waals surface area contributed by atoms with Crippen LogP contribution in [0.5, 0.6) is 0 Å². The number of hydrogen-bond acceptors (Lipinski definition) is 3. The predicted octanol–water partition coefficient (Wildman–Crippen LogP) is 3.17. The Bertz CT molecular complexity index is 481. The van der Waals surface area contributed by atoms with Gasteiger partial charge >= 0.3 is 6.03 Å². The molecule has 1 saturated heterocycles. The summed E-state index contributed by atoms with van der Waals surface area (Å²) in [5.74, 6) is 0. The number of benzene rings is 1. The molecule has 1 heterocycles. The van der Waals surface area contributed by atoms with Gasteiger partial charge in [0.25, 0.3) is 0 Å². The van der Waals surface area contributed by atoms with Crippen LogP contribution < -0.4 is 5.32 Å². The van der Waals surface area contributed by atoms with Gasteiger partial charge in [0.15, 0.2) is 0 Å². The summed E-state index contributed by atoms with van der Waals surface area (Å²) >= 11 is 7.75. The molecule has 4 nitrogen and oxygen atoms in total. The summed E-state index contributed by atoms with van der Waals surface area (Å²) in [7, 11) is 4.01. The second kappa shape index (κ2) is 8.65. The lowest BCUT2D eigenvalue weighted by molar-refractivity contribution is 0.187. The van der Waals surface area contributed by atoms with Gasteiger partial charge in [-0.15, -0.1) is 11.8 Å². The SMILES string of the molecule is CN(C)CCNC(=O)N1CCCC(Sc2ccc(Cl)cc2)C1. The van der Waals surface area contributed by atoms with E-state index in [0.29, 0.717) is 11.8 Å². The molecule has 0 aromatic heterocycles. The number of carbonyl (C=O) groups excluding carboxylic acids is 1. The van der Waals surface area contributed by atoms with Crippen LogP contribution in [0.4, 0.5) is 4.79 Å². The maximum absolute atomic E-state index is 12.2. The molecule has 0 saturated carbocycles. The maximum Gasteiger partial charge on any atom is 0.317 e. The molecule has 0 aliphatic carbocycles. The fourth-order valence-electron chi connectivity index (χ4n) is 2.42. The van der Waals surface area contributed by atoms with Crippen molar-refractivity contribution in [1.82, 2.24) is 15.1 Å². The van der Waals surface area contributed by atoms with E-state index in [1.54, 1.807) is 0 Å². The topological polar surface area (TPSA) is 35.6 Å². The minimum Gasteiger partial charge on any atom is -0.337 e. The number of likely N-dealkylation sites (N-methyl/N-ethyl adjacent to an activating group) is 1. The highest BCUT2D eigenvalue weighted by Crippen LogP contribution is 2.30. The number of likely N-dealkylation sites (tertiary alicyclic amines) is 1.